The molecule has 0 saturated carbocycles. The minimum Gasteiger partial charge on any atom is -0.326 e. The van der Waals surface area contributed by atoms with Crippen molar-refractivity contribution >= 4 is 24.0 Å². The van der Waals surface area contributed by atoms with Crippen LogP contribution >= 0.6 is 12.4 Å². The van der Waals surface area contributed by atoms with E-state index in [4.69, 9.17) is 5.26 Å². The number of aromatic amines is 1. The Labute approximate surface area is 165 Å². The van der Waals surface area contributed by atoms with Crippen molar-refractivity contribution in [3.8, 4) is 6.07 Å². The van der Waals surface area contributed by atoms with E-state index in [1.165, 1.54) is 0 Å². The highest BCUT2D eigenvalue weighted by Crippen LogP contribution is 2.16. The first-order chi connectivity index (χ1) is 12.5. The molecule has 2 aromatic rings. The lowest BCUT2D eigenvalue weighted by Crippen LogP contribution is -2.18. The first kappa shape index (κ1) is 22.4. The van der Waals surface area contributed by atoms with Gasteiger partial charge in [-0.05, 0) is 55.6 Å². The van der Waals surface area contributed by atoms with Gasteiger partial charge in [-0.1, -0.05) is 19.1 Å². The topological polar surface area (TPSA) is 97.8 Å². The lowest BCUT2D eigenvalue weighted by molar-refractivity contribution is -0.116. The van der Waals surface area contributed by atoms with Gasteiger partial charge in [0.1, 0.15) is 11.6 Å². The normalized spacial score (nSPS) is 10.0. The van der Waals surface area contributed by atoms with Crippen molar-refractivity contribution in [1.82, 2.24) is 10.3 Å². The Morgan fingerprint density at radius 3 is 2.70 bits per heavy atom. The van der Waals surface area contributed by atoms with Crippen LogP contribution in [0, 0.1) is 25.2 Å². The summed E-state index contributed by atoms with van der Waals surface area (Å²) in [7, 11) is 0. The van der Waals surface area contributed by atoms with Crippen molar-refractivity contribution in [2.45, 2.75) is 40.2 Å². The molecule has 1 aromatic heterocycles. The van der Waals surface area contributed by atoms with E-state index in [1.807, 2.05) is 37.3 Å². The highest BCUT2D eigenvalue weighted by Gasteiger charge is 2.13. The Morgan fingerprint density at radius 1 is 1.30 bits per heavy atom. The number of nitriles is 1. The van der Waals surface area contributed by atoms with Crippen LogP contribution in [0.4, 0.5) is 5.69 Å². The third-order valence-electron chi connectivity index (χ3n) is 4.31. The molecule has 0 bridgehead atoms. The molecule has 0 saturated heterocycles. The van der Waals surface area contributed by atoms with Crippen molar-refractivity contribution in [2.75, 3.05) is 11.9 Å². The summed E-state index contributed by atoms with van der Waals surface area (Å²) in [6, 6.07) is 9.66. The van der Waals surface area contributed by atoms with E-state index < -0.39 is 0 Å². The van der Waals surface area contributed by atoms with Gasteiger partial charge in [0.25, 0.3) is 5.56 Å². The number of benzene rings is 1. The van der Waals surface area contributed by atoms with Crippen molar-refractivity contribution in [3.05, 3.63) is 62.6 Å². The molecule has 7 heteroatoms. The molecule has 0 aliphatic heterocycles. The fraction of sp³-hybridized carbons (Fsp3) is 0.350. The van der Waals surface area contributed by atoms with Gasteiger partial charge in [-0.25, -0.2) is 0 Å². The van der Waals surface area contributed by atoms with Gasteiger partial charge in [0, 0.05) is 24.3 Å². The molecule has 1 heterocycles. The Hall–Kier alpha value is -2.62. The number of H-pyrrole nitrogens is 1. The third-order valence-corrected chi connectivity index (χ3v) is 4.31. The lowest BCUT2D eigenvalue weighted by atomic mass is 9.99. The second-order valence-electron chi connectivity index (χ2n) is 6.20. The van der Waals surface area contributed by atoms with Crippen molar-refractivity contribution in [3.63, 3.8) is 0 Å². The Bertz CT molecular complexity index is 900. The van der Waals surface area contributed by atoms with Gasteiger partial charge >= 0.3 is 0 Å². The smallest absolute Gasteiger partial charge is 0.266 e. The summed E-state index contributed by atoms with van der Waals surface area (Å²) in [6.45, 7) is 7.22. The maximum absolute atomic E-state index is 12.3. The molecule has 1 amide bonds. The zero-order chi connectivity index (χ0) is 19.1. The van der Waals surface area contributed by atoms with Crippen LogP contribution in [0.25, 0.3) is 0 Å². The summed E-state index contributed by atoms with van der Waals surface area (Å²) in [5.74, 6) is -0.103. The summed E-state index contributed by atoms with van der Waals surface area (Å²) in [5.41, 5.74) is 3.79. The predicted octanol–water partition coefficient (Wildman–Crippen LogP) is 2.97. The van der Waals surface area contributed by atoms with Crippen LogP contribution in [0.2, 0.25) is 0 Å². The van der Waals surface area contributed by atoms with Crippen LogP contribution in [0.15, 0.2) is 29.1 Å². The van der Waals surface area contributed by atoms with Gasteiger partial charge in [0.2, 0.25) is 5.91 Å². The first-order valence-electron chi connectivity index (χ1n) is 8.68. The minimum atomic E-state index is -0.381. The fourth-order valence-electron chi connectivity index (χ4n) is 2.91. The molecular weight excluding hydrogens is 364 g/mol. The lowest BCUT2D eigenvalue weighted by Gasteiger charge is -2.11. The summed E-state index contributed by atoms with van der Waals surface area (Å²) in [4.78, 5) is 26.7. The van der Waals surface area contributed by atoms with E-state index in [-0.39, 0.29) is 35.9 Å². The number of carbonyl (C=O) groups is 1. The van der Waals surface area contributed by atoms with Crippen LogP contribution in [-0.2, 0) is 17.8 Å². The van der Waals surface area contributed by atoms with Gasteiger partial charge < -0.3 is 15.6 Å². The quantitative estimate of drug-likeness (QED) is 0.679. The molecule has 1 aromatic carbocycles. The SMILES string of the molecule is CCNCc1cccc(NC(=O)CCc2c(C)[nH]c(=O)c(C#N)c2C)c1.Cl. The molecule has 0 fully saturated rings. The molecule has 144 valence electrons. The Balaban J connectivity index is 0.00000364. The molecule has 3 N–H and O–H groups in total. The van der Waals surface area contributed by atoms with Gasteiger partial charge in [-0.15, -0.1) is 12.4 Å². The summed E-state index contributed by atoms with van der Waals surface area (Å²) >= 11 is 0. The average molecular weight is 389 g/mol. The zero-order valence-corrected chi connectivity index (χ0v) is 16.6. The van der Waals surface area contributed by atoms with Gasteiger partial charge in [-0.3, -0.25) is 9.59 Å². The standard InChI is InChI=1S/C20H24N4O2.ClH/c1-4-22-12-15-6-5-7-16(10-15)24-19(25)9-8-17-13(2)18(11-21)20(26)23-14(17)3;/h5-7,10,22H,4,8-9,12H2,1-3H3,(H,23,26)(H,24,25);1H. The van der Waals surface area contributed by atoms with Gasteiger partial charge in [0.15, 0.2) is 0 Å². The Kier molecular flexibility index (Phi) is 8.73. The number of anilines is 1. The number of hydrogen-bond donors (Lipinski definition) is 3. The zero-order valence-electron chi connectivity index (χ0n) is 15.8. The molecule has 0 unspecified atom stereocenters. The third kappa shape index (κ3) is 5.95. The highest BCUT2D eigenvalue weighted by atomic mass is 35.5. The van der Waals surface area contributed by atoms with Crippen molar-refractivity contribution in [2.24, 2.45) is 0 Å². The molecule has 0 atom stereocenters. The average Bonchev–Trinajstić information content (AvgIpc) is 2.60. The number of nitrogens with zero attached hydrogens (tertiary/aromatic N) is 1. The van der Waals surface area contributed by atoms with E-state index in [9.17, 15) is 9.59 Å². The summed E-state index contributed by atoms with van der Waals surface area (Å²) in [5, 5.41) is 15.3. The molecule has 0 radical (unpaired) electrons. The molecule has 0 spiro atoms. The molecule has 2 rings (SSSR count). The minimum absolute atomic E-state index is 0. The number of aromatic nitrogens is 1. The molecular formula is C20H25ClN4O2. The summed E-state index contributed by atoms with van der Waals surface area (Å²) < 4.78 is 0. The number of hydrogen-bond acceptors (Lipinski definition) is 4. The van der Waals surface area contributed by atoms with Crippen LogP contribution in [-0.4, -0.2) is 17.4 Å². The number of aryl methyl sites for hydroxylation is 1. The molecule has 0 aliphatic rings. The second kappa shape index (κ2) is 10.5. The van der Waals surface area contributed by atoms with Crippen LogP contribution in [0.1, 0.15) is 41.3 Å². The largest absolute Gasteiger partial charge is 0.326 e. The van der Waals surface area contributed by atoms with E-state index >= 15 is 0 Å². The fourth-order valence-corrected chi connectivity index (χ4v) is 2.91. The number of halogens is 1. The monoisotopic (exact) mass is 388 g/mol. The van der Waals surface area contributed by atoms with Crippen LogP contribution < -0.4 is 16.2 Å². The number of rotatable bonds is 7. The molecule has 0 aliphatic carbocycles. The molecule has 6 nitrogen and oxygen atoms in total. The number of pyridine rings is 1. The maximum atomic E-state index is 12.3. The van der Waals surface area contributed by atoms with Crippen molar-refractivity contribution in [1.29, 1.82) is 5.26 Å². The van der Waals surface area contributed by atoms with Crippen LogP contribution in [0.5, 0.6) is 0 Å². The van der Waals surface area contributed by atoms with E-state index in [0.29, 0.717) is 17.7 Å². The predicted molar refractivity (Wildman–Crippen MR) is 109 cm³/mol. The van der Waals surface area contributed by atoms with E-state index in [1.54, 1.807) is 13.8 Å². The van der Waals surface area contributed by atoms with E-state index in [2.05, 4.69) is 15.6 Å². The number of nitrogens with one attached hydrogen (secondary N) is 3. The second-order valence-corrected chi connectivity index (χ2v) is 6.20. The maximum Gasteiger partial charge on any atom is 0.266 e. The summed E-state index contributed by atoms with van der Waals surface area (Å²) in [6.07, 6.45) is 0.738. The molecule has 27 heavy (non-hydrogen) atoms. The first-order valence-corrected chi connectivity index (χ1v) is 8.68. The van der Waals surface area contributed by atoms with E-state index in [0.717, 1.165) is 29.9 Å². The van der Waals surface area contributed by atoms with Crippen molar-refractivity contribution < 1.29 is 4.79 Å². The highest BCUT2D eigenvalue weighted by molar-refractivity contribution is 5.90. The van der Waals surface area contributed by atoms with Gasteiger partial charge in [-0.2, -0.15) is 5.26 Å². The Morgan fingerprint density at radius 2 is 2.04 bits per heavy atom. The number of amides is 1. The van der Waals surface area contributed by atoms with Crippen LogP contribution in [0.3, 0.4) is 0 Å². The van der Waals surface area contributed by atoms with Gasteiger partial charge in [0.05, 0.1) is 0 Å². The number of carbonyl (C=O) groups excluding carboxylic acids is 1.